The molecule has 7 heteroatoms. The highest BCUT2D eigenvalue weighted by atomic mass is 32.2. The second-order valence-electron chi connectivity index (χ2n) is 5.08. The molecule has 1 amide bonds. The van der Waals surface area contributed by atoms with Gasteiger partial charge in [-0.2, -0.15) is 0 Å². The van der Waals surface area contributed by atoms with Crippen LogP contribution in [0.3, 0.4) is 0 Å². The predicted octanol–water partition coefficient (Wildman–Crippen LogP) is 4.39. The number of nitro groups is 1. The number of rotatable bonds is 5. The van der Waals surface area contributed by atoms with Crippen LogP contribution in [-0.2, 0) is 0 Å². The standard InChI is InChI=1S/C18H13N3O3S/c22-18(13-3-2-10-19-12-13)20-14-4-1-5-17(11-14)25-16-8-6-15(7-9-16)21(23)24/h1-12H,(H,20,22). The van der Waals surface area contributed by atoms with E-state index in [9.17, 15) is 14.9 Å². The van der Waals surface area contributed by atoms with Crippen molar-refractivity contribution in [2.24, 2.45) is 0 Å². The largest absolute Gasteiger partial charge is 0.322 e. The minimum atomic E-state index is -0.428. The summed E-state index contributed by atoms with van der Waals surface area (Å²) in [6, 6.07) is 17.1. The molecule has 124 valence electrons. The Kier molecular flexibility index (Phi) is 5.06. The molecule has 0 spiro atoms. The van der Waals surface area contributed by atoms with Gasteiger partial charge in [-0.05, 0) is 42.5 Å². The third-order valence-corrected chi connectivity index (χ3v) is 4.30. The van der Waals surface area contributed by atoms with E-state index in [-0.39, 0.29) is 11.6 Å². The van der Waals surface area contributed by atoms with Crippen LogP contribution in [0, 0.1) is 10.1 Å². The minimum Gasteiger partial charge on any atom is -0.322 e. The molecule has 0 unspecified atom stereocenters. The highest BCUT2D eigenvalue weighted by Crippen LogP contribution is 2.30. The lowest BCUT2D eigenvalue weighted by atomic mass is 10.2. The third-order valence-electron chi connectivity index (χ3n) is 3.30. The van der Waals surface area contributed by atoms with E-state index in [1.54, 1.807) is 36.5 Å². The first-order valence-electron chi connectivity index (χ1n) is 7.35. The number of nitrogens with one attached hydrogen (secondary N) is 1. The number of nitro benzene ring substituents is 1. The molecule has 1 aromatic heterocycles. The zero-order valence-electron chi connectivity index (χ0n) is 13.0. The predicted molar refractivity (Wildman–Crippen MR) is 95.9 cm³/mol. The fraction of sp³-hybridized carbons (Fsp3) is 0. The number of benzene rings is 2. The van der Waals surface area contributed by atoms with Crippen molar-refractivity contribution in [2.75, 3.05) is 5.32 Å². The Hall–Kier alpha value is -3.19. The number of anilines is 1. The van der Waals surface area contributed by atoms with Gasteiger partial charge >= 0.3 is 0 Å². The number of nitrogens with zero attached hydrogens (tertiary/aromatic N) is 2. The van der Waals surface area contributed by atoms with Gasteiger partial charge in [-0.25, -0.2) is 0 Å². The van der Waals surface area contributed by atoms with Crippen LogP contribution in [0.4, 0.5) is 11.4 Å². The highest BCUT2D eigenvalue weighted by molar-refractivity contribution is 7.99. The second-order valence-corrected chi connectivity index (χ2v) is 6.22. The van der Waals surface area contributed by atoms with Crippen LogP contribution in [0.25, 0.3) is 0 Å². The van der Waals surface area contributed by atoms with Crippen molar-refractivity contribution < 1.29 is 9.72 Å². The molecule has 0 bridgehead atoms. The number of pyridine rings is 1. The Morgan fingerprint density at radius 3 is 2.52 bits per heavy atom. The number of amides is 1. The van der Waals surface area contributed by atoms with Gasteiger partial charge in [0.15, 0.2) is 0 Å². The Bertz CT molecular complexity index is 899. The molecule has 0 saturated carbocycles. The van der Waals surface area contributed by atoms with Gasteiger partial charge in [0.05, 0.1) is 10.5 Å². The quantitative estimate of drug-likeness (QED) is 0.544. The zero-order valence-corrected chi connectivity index (χ0v) is 13.8. The summed E-state index contributed by atoms with van der Waals surface area (Å²) in [7, 11) is 0. The van der Waals surface area contributed by atoms with Crippen molar-refractivity contribution >= 4 is 29.0 Å². The van der Waals surface area contributed by atoms with E-state index >= 15 is 0 Å². The van der Waals surface area contributed by atoms with Crippen molar-refractivity contribution in [3.8, 4) is 0 Å². The van der Waals surface area contributed by atoms with Crippen LogP contribution < -0.4 is 5.32 Å². The van der Waals surface area contributed by atoms with Gasteiger partial charge in [-0.1, -0.05) is 17.8 Å². The van der Waals surface area contributed by atoms with Gasteiger partial charge in [0, 0.05) is 40.0 Å². The molecule has 3 aromatic rings. The van der Waals surface area contributed by atoms with Crippen molar-refractivity contribution in [3.05, 3.63) is 88.7 Å². The lowest BCUT2D eigenvalue weighted by molar-refractivity contribution is -0.384. The van der Waals surface area contributed by atoms with E-state index in [0.29, 0.717) is 11.3 Å². The topological polar surface area (TPSA) is 85.1 Å². The first-order chi connectivity index (χ1) is 12.1. The lowest BCUT2D eigenvalue weighted by Gasteiger charge is -2.07. The maximum absolute atomic E-state index is 12.2. The molecular formula is C18H13N3O3S. The zero-order chi connectivity index (χ0) is 17.6. The summed E-state index contributed by atoms with van der Waals surface area (Å²) in [6.07, 6.45) is 3.11. The molecule has 1 heterocycles. The molecule has 1 N–H and O–H groups in total. The number of aromatic nitrogens is 1. The van der Waals surface area contributed by atoms with Crippen LogP contribution in [0.1, 0.15) is 10.4 Å². The number of hydrogen-bond acceptors (Lipinski definition) is 5. The van der Waals surface area contributed by atoms with E-state index in [4.69, 9.17) is 0 Å². The van der Waals surface area contributed by atoms with E-state index < -0.39 is 4.92 Å². The van der Waals surface area contributed by atoms with E-state index in [1.165, 1.54) is 30.1 Å². The molecule has 25 heavy (non-hydrogen) atoms. The molecule has 3 rings (SSSR count). The third kappa shape index (κ3) is 4.42. The first-order valence-corrected chi connectivity index (χ1v) is 8.17. The van der Waals surface area contributed by atoms with E-state index in [1.807, 2.05) is 18.2 Å². The number of non-ortho nitro benzene ring substituents is 1. The smallest absolute Gasteiger partial charge is 0.269 e. The molecule has 2 aromatic carbocycles. The fourth-order valence-electron chi connectivity index (χ4n) is 2.11. The summed E-state index contributed by atoms with van der Waals surface area (Å²) in [5.41, 5.74) is 1.21. The molecule has 0 aliphatic carbocycles. The van der Waals surface area contributed by atoms with Crippen LogP contribution in [-0.4, -0.2) is 15.8 Å². The molecule has 0 aliphatic heterocycles. The number of carbonyl (C=O) groups excluding carboxylic acids is 1. The van der Waals surface area contributed by atoms with Crippen LogP contribution in [0.5, 0.6) is 0 Å². The van der Waals surface area contributed by atoms with Crippen LogP contribution >= 0.6 is 11.8 Å². The van der Waals surface area contributed by atoms with Gasteiger partial charge in [0.1, 0.15) is 0 Å². The monoisotopic (exact) mass is 351 g/mol. The maximum atomic E-state index is 12.2. The molecule has 0 aliphatic rings. The maximum Gasteiger partial charge on any atom is 0.269 e. The summed E-state index contributed by atoms with van der Waals surface area (Å²) >= 11 is 1.46. The van der Waals surface area contributed by atoms with Crippen molar-refractivity contribution in [3.63, 3.8) is 0 Å². The van der Waals surface area contributed by atoms with Crippen molar-refractivity contribution in [1.82, 2.24) is 4.98 Å². The molecule has 0 saturated heterocycles. The van der Waals surface area contributed by atoms with Gasteiger partial charge in [0.2, 0.25) is 0 Å². The summed E-state index contributed by atoms with van der Waals surface area (Å²) < 4.78 is 0. The highest BCUT2D eigenvalue weighted by Gasteiger charge is 2.08. The van der Waals surface area contributed by atoms with Crippen molar-refractivity contribution in [1.29, 1.82) is 0 Å². The van der Waals surface area contributed by atoms with Gasteiger partial charge in [-0.3, -0.25) is 19.9 Å². The SMILES string of the molecule is O=C(Nc1cccc(Sc2ccc([N+](=O)[O-])cc2)c1)c1cccnc1. The molecular weight excluding hydrogens is 338 g/mol. The summed E-state index contributed by atoms with van der Waals surface area (Å²) in [6.45, 7) is 0. The molecule has 6 nitrogen and oxygen atoms in total. The Morgan fingerprint density at radius 2 is 1.84 bits per heavy atom. The van der Waals surface area contributed by atoms with Crippen LogP contribution in [0.2, 0.25) is 0 Å². The summed E-state index contributed by atoms with van der Waals surface area (Å²) in [4.78, 5) is 28.1. The Labute approximate surface area is 148 Å². The molecule has 0 radical (unpaired) electrons. The number of carbonyl (C=O) groups is 1. The van der Waals surface area contributed by atoms with Crippen molar-refractivity contribution in [2.45, 2.75) is 9.79 Å². The van der Waals surface area contributed by atoms with E-state index in [0.717, 1.165) is 9.79 Å². The number of hydrogen-bond donors (Lipinski definition) is 1. The summed E-state index contributed by atoms with van der Waals surface area (Å²) in [5.74, 6) is -0.231. The Morgan fingerprint density at radius 1 is 1.04 bits per heavy atom. The van der Waals surface area contributed by atoms with Gasteiger partial charge < -0.3 is 5.32 Å². The average Bonchev–Trinajstić information content (AvgIpc) is 2.63. The Balaban J connectivity index is 1.71. The first kappa shape index (κ1) is 16.7. The molecule has 0 fully saturated rings. The van der Waals surface area contributed by atoms with Crippen LogP contribution in [0.15, 0.2) is 82.8 Å². The fourth-order valence-corrected chi connectivity index (χ4v) is 2.99. The van der Waals surface area contributed by atoms with Gasteiger partial charge in [0.25, 0.3) is 11.6 Å². The minimum absolute atomic E-state index is 0.0573. The second kappa shape index (κ2) is 7.59. The normalized spacial score (nSPS) is 10.2. The molecule has 0 atom stereocenters. The van der Waals surface area contributed by atoms with Gasteiger partial charge in [-0.15, -0.1) is 0 Å². The average molecular weight is 351 g/mol. The lowest BCUT2D eigenvalue weighted by Crippen LogP contribution is -2.11. The summed E-state index contributed by atoms with van der Waals surface area (Å²) in [5, 5.41) is 13.5. The van der Waals surface area contributed by atoms with E-state index in [2.05, 4.69) is 10.3 Å².